The lowest BCUT2D eigenvalue weighted by Gasteiger charge is -2.11. The van der Waals surface area contributed by atoms with Crippen LogP contribution in [0.5, 0.6) is 0 Å². The molecule has 18 heavy (non-hydrogen) atoms. The number of hydrogen-bond donors (Lipinski definition) is 3. The van der Waals surface area contributed by atoms with E-state index in [0.717, 1.165) is 11.1 Å². The van der Waals surface area contributed by atoms with Gasteiger partial charge in [-0.25, -0.2) is 4.79 Å². The Morgan fingerprint density at radius 2 is 2.11 bits per heavy atom. The monoisotopic (exact) mass is 270 g/mol. The van der Waals surface area contributed by atoms with Gasteiger partial charge in [0.15, 0.2) is 0 Å². The van der Waals surface area contributed by atoms with Crippen LogP contribution in [0.1, 0.15) is 24.5 Å². The molecule has 0 spiro atoms. The minimum absolute atomic E-state index is 0.153. The van der Waals surface area contributed by atoms with Gasteiger partial charge < -0.3 is 15.7 Å². The van der Waals surface area contributed by atoms with E-state index in [9.17, 15) is 9.59 Å². The van der Waals surface area contributed by atoms with Crippen molar-refractivity contribution in [3.63, 3.8) is 0 Å². The third kappa shape index (κ3) is 4.37. The van der Waals surface area contributed by atoms with Gasteiger partial charge in [0.2, 0.25) is 0 Å². The van der Waals surface area contributed by atoms with E-state index >= 15 is 0 Å². The molecule has 1 rings (SSSR count). The van der Waals surface area contributed by atoms with Crippen molar-refractivity contribution in [2.75, 3.05) is 6.54 Å². The standard InChI is InChI=1S/C12H18N2O3S/c1-3-9(11(15)16)4-13-12(17)14-5-10-7-18-6-8(10)2/h6-7,9H,3-5H2,1-2H3,(H,15,16)(H2,13,14,17). The van der Waals surface area contributed by atoms with Gasteiger partial charge in [0.05, 0.1) is 5.92 Å². The van der Waals surface area contributed by atoms with E-state index in [4.69, 9.17) is 5.11 Å². The van der Waals surface area contributed by atoms with Gasteiger partial charge in [-0.3, -0.25) is 4.79 Å². The highest BCUT2D eigenvalue weighted by molar-refractivity contribution is 7.08. The summed E-state index contributed by atoms with van der Waals surface area (Å²) in [4.78, 5) is 22.2. The fourth-order valence-corrected chi connectivity index (χ4v) is 2.29. The Balaban J connectivity index is 2.30. The van der Waals surface area contributed by atoms with Gasteiger partial charge in [-0.1, -0.05) is 6.92 Å². The zero-order chi connectivity index (χ0) is 13.5. The lowest BCUT2D eigenvalue weighted by molar-refractivity contribution is -0.141. The maximum Gasteiger partial charge on any atom is 0.315 e. The van der Waals surface area contributed by atoms with E-state index < -0.39 is 11.9 Å². The van der Waals surface area contributed by atoms with Gasteiger partial charge in [0.25, 0.3) is 0 Å². The molecule has 0 bridgehead atoms. The summed E-state index contributed by atoms with van der Waals surface area (Å²) in [6, 6.07) is -0.333. The molecule has 5 nitrogen and oxygen atoms in total. The predicted octanol–water partition coefficient (Wildman–Crippen LogP) is 1.97. The minimum Gasteiger partial charge on any atom is -0.481 e. The first-order chi connectivity index (χ1) is 8.54. The summed E-state index contributed by atoms with van der Waals surface area (Å²) in [6.45, 7) is 4.39. The van der Waals surface area contributed by atoms with Gasteiger partial charge in [-0.2, -0.15) is 11.3 Å². The van der Waals surface area contributed by atoms with Crippen molar-refractivity contribution in [3.8, 4) is 0 Å². The fraction of sp³-hybridized carbons (Fsp3) is 0.500. The van der Waals surface area contributed by atoms with Crippen LogP contribution in [0.3, 0.4) is 0 Å². The largest absolute Gasteiger partial charge is 0.481 e. The SMILES string of the molecule is CCC(CNC(=O)NCc1cscc1C)C(=O)O. The summed E-state index contributed by atoms with van der Waals surface area (Å²) < 4.78 is 0. The second-order valence-electron chi connectivity index (χ2n) is 4.09. The second-order valence-corrected chi connectivity index (χ2v) is 4.83. The topological polar surface area (TPSA) is 78.4 Å². The molecule has 0 saturated carbocycles. The van der Waals surface area contributed by atoms with E-state index in [1.165, 1.54) is 0 Å². The van der Waals surface area contributed by atoms with Gasteiger partial charge in [-0.15, -0.1) is 0 Å². The molecular weight excluding hydrogens is 252 g/mol. The van der Waals surface area contributed by atoms with E-state index in [0.29, 0.717) is 13.0 Å². The number of carbonyl (C=O) groups excluding carboxylic acids is 1. The molecule has 100 valence electrons. The smallest absolute Gasteiger partial charge is 0.315 e. The van der Waals surface area contributed by atoms with Crippen LogP contribution in [0.25, 0.3) is 0 Å². The lowest BCUT2D eigenvalue weighted by atomic mass is 10.1. The Labute approximate surface area is 110 Å². The highest BCUT2D eigenvalue weighted by Gasteiger charge is 2.15. The Bertz CT molecular complexity index is 417. The van der Waals surface area contributed by atoms with Crippen molar-refractivity contribution in [2.24, 2.45) is 5.92 Å². The Morgan fingerprint density at radius 1 is 1.39 bits per heavy atom. The van der Waals surface area contributed by atoms with Crippen molar-refractivity contribution in [3.05, 3.63) is 21.9 Å². The van der Waals surface area contributed by atoms with Gasteiger partial charge in [-0.05, 0) is 35.2 Å². The average molecular weight is 270 g/mol. The van der Waals surface area contributed by atoms with Crippen molar-refractivity contribution < 1.29 is 14.7 Å². The van der Waals surface area contributed by atoms with Crippen molar-refractivity contribution in [1.82, 2.24) is 10.6 Å². The molecule has 6 heteroatoms. The van der Waals surface area contributed by atoms with Crippen LogP contribution in [0.2, 0.25) is 0 Å². The van der Waals surface area contributed by atoms with Gasteiger partial charge in [0.1, 0.15) is 0 Å². The molecule has 1 aromatic rings. The van der Waals surface area contributed by atoms with Gasteiger partial charge >= 0.3 is 12.0 Å². The van der Waals surface area contributed by atoms with Crippen LogP contribution in [0.15, 0.2) is 10.8 Å². The van der Waals surface area contributed by atoms with Gasteiger partial charge in [0, 0.05) is 13.1 Å². The average Bonchev–Trinajstić information content (AvgIpc) is 2.72. The molecule has 1 aromatic heterocycles. The van der Waals surface area contributed by atoms with Crippen LogP contribution >= 0.6 is 11.3 Å². The molecule has 0 aliphatic rings. The zero-order valence-corrected chi connectivity index (χ0v) is 11.3. The van der Waals surface area contributed by atoms with E-state index in [-0.39, 0.29) is 12.6 Å². The summed E-state index contributed by atoms with van der Waals surface area (Å²) in [5, 5.41) is 18.1. The number of aryl methyl sites for hydroxylation is 1. The number of nitrogens with one attached hydrogen (secondary N) is 2. The first-order valence-corrected chi connectivity index (χ1v) is 6.75. The van der Waals surface area contributed by atoms with E-state index in [2.05, 4.69) is 10.6 Å². The Kier molecular flexibility index (Phi) is 5.64. The van der Waals surface area contributed by atoms with E-state index in [1.807, 2.05) is 17.7 Å². The van der Waals surface area contributed by atoms with Crippen LogP contribution < -0.4 is 10.6 Å². The lowest BCUT2D eigenvalue weighted by Crippen LogP contribution is -2.39. The zero-order valence-electron chi connectivity index (χ0n) is 10.5. The number of urea groups is 1. The maximum absolute atomic E-state index is 11.5. The fourth-order valence-electron chi connectivity index (χ4n) is 1.43. The molecule has 0 radical (unpaired) electrons. The number of rotatable bonds is 6. The predicted molar refractivity (Wildman–Crippen MR) is 70.7 cm³/mol. The van der Waals surface area contributed by atoms with Crippen LogP contribution in [0.4, 0.5) is 4.79 Å². The second kappa shape index (κ2) is 7.00. The molecule has 2 amide bonds. The third-order valence-corrected chi connectivity index (χ3v) is 3.66. The number of amides is 2. The first kappa shape index (κ1) is 14.5. The van der Waals surface area contributed by atoms with Crippen molar-refractivity contribution in [2.45, 2.75) is 26.8 Å². The molecule has 1 unspecified atom stereocenters. The van der Waals surface area contributed by atoms with Crippen LogP contribution in [0, 0.1) is 12.8 Å². The molecule has 3 N–H and O–H groups in total. The Morgan fingerprint density at radius 3 is 2.61 bits per heavy atom. The summed E-state index contributed by atoms with van der Waals surface area (Å²) in [5.41, 5.74) is 2.23. The summed E-state index contributed by atoms with van der Waals surface area (Å²) in [6.07, 6.45) is 0.499. The number of carbonyl (C=O) groups is 2. The number of carboxylic acid groups (broad SMARTS) is 1. The highest BCUT2D eigenvalue weighted by Crippen LogP contribution is 2.12. The Hall–Kier alpha value is -1.56. The molecule has 0 saturated heterocycles. The summed E-state index contributed by atoms with van der Waals surface area (Å²) in [7, 11) is 0. The molecule has 0 aliphatic carbocycles. The molecule has 0 aromatic carbocycles. The number of aliphatic carboxylic acids is 1. The summed E-state index contributed by atoms with van der Waals surface area (Å²) >= 11 is 1.59. The highest BCUT2D eigenvalue weighted by atomic mass is 32.1. The van der Waals surface area contributed by atoms with Crippen molar-refractivity contribution in [1.29, 1.82) is 0 Å². The molecule has 0 aliphatic heterocycles. The van der Waals surface area contributed by atoms with Crippen LogP contribution in [-0.4, -0.2) is 23.7 Å². The quantitative estimate of drug-likeness (QED) is 0.739. The molecule has 0 fully saturated rings. The minimum atomic E-state index is -0.883. The molecule has 1 heterocycles. The first-order valence-electron chi connectivity index (χ1n) is 5.80. The van der Waals surface area contributed by atoms with E-state index in [1.54, 1.807) is 18.3 Å². The number of thiophene rings is 1. The molecule has 1 atom stereocenters. The third-order valence-electron chi connectivity index (χ3n) is 2.75. The maximum atomic E-state index is 11.5. The van der Waals surface area contributed by atoms with Crippen molar-refractivity contribution >= 4 is 23.3 Å². The van der Waals surface area contributed by atoms with Crippen LogP contribution in [-0.2, 0) is 11.3 Å². The summed E-state index contributed by atoms with van der Waals surface area (Å²) in [5.74, 6) is -1.41. The normalized spacial score (nSPS) is 11.9. The number of carboxylic acids is 1. The molecular formula is C12H18N2O3S. The number of hydrogen-bond acceptors (Lipinski definition) is 3.